The molecule has 0 bridgehead atoms. The van der Waals surface area contributed by atoms with Crippen LogP contribution in [0.25, 0.3) is 10.9 Å². The summed E-state index contributed by atoms with van der Waals surface area (Å²) in [4.78, 5) is 6.77. The number of pyridine rings is 1. The van der Waals surface area contributed by atoms with Crippen LogP contribution in [0.4, 0.5) is 0 Å². The zero-order valence-corrected chi connectivity index (χ0v) is 13.0. The predicted octanol–water partition coefficient (Wildman–Crippen LogP) is 1.55. The average Bonchev–Trinajstić information content (AvgIpc) is 3.16. The number of fused-ring (bicyclic) bond motifs is 1. The van der Waals surface area contributed by atoms with Crippen molar-refractivity contribution in [1.82, 2.24) is 24.9 Å². The van der Waals surface area contributed by atoms with Gasteiger partial charge in [-0.2, -0.15) is 0 Å². The van der Waals surface area contributed by atoms with E-state index in [9.17, 15) is 5.11 Å². The zero-order valence-electron chi connectivity index (χ0n) is 13.0. The minimum Gasteiger partial charge on any atom is -0.390 e. The van der Waals surface area contributed by atoms with E-state index < -0.39 is 6.10 Å². The molecule has 1 saturated heterocycles. The molecule has 1 fully saturated rings. The first-order chi connectivity index (χ1) is 11.2. The lowest BCUT2D eigenvalue weighted by molar-refractivity contribution is 0.138. The largest absolute Gasteiger partial charge is 0.390 e. The predicted molar refractivity (Wildman–Crippen MR) is 86.8 cm³/mol. The van der Waals surface area contributed by atoms with E-state index >= 15 is 0 Å². The van der Waals surface area contributed by atoms with Crippen molar-refractivity contribution in [2.75, 3.05) is 13.1 Å². The molecule has 4 rings (SSSR count). The van der Waals surface area contributed by atoms with E-state index in [0.717, 1.165) is 29.6 Å². The van der Waals surface area contributed by atoms with Gasteiger partial charge < -0.3 is 5.11 Å². The third-order valence-electron chi connectivity index (χ3n) is 4.42. The summed E-state index contributed by atoms with van der Waals surface area (Å²) in [7, 11) is 0. The molecule has 118 valence electrons. The van der Waals surface area contributed by atoms with Gasteiger partial charge in [-0.1, -0.05) is 16.8 Å². The molecule has 23 heavy (non-hydrogen) atoms. The van der Waals surface area contributed by atoms with Gasteiger partial charge in [-0.05, 0) is 30.7 Å². The summed E-state index contributed by atoms with van der Waals surface area (Å²) in [5.41, 5.74) is 3.41. The van der Waals surface area contributed by atoms with Gasteiger partial charge in [0.15, 0.2) is 0 Å². The molecule has 1 aromatic carbocycles. The van der Waals surface area contributed by atoms with Gasteiger partial charge in [-0.3, -0.25) is 9.88 Å². The van der Waals surface area contributed by atoms with Crippen molar-refractivity contribution < 1.29 is 5.11 Å². The topological polar surface area (TPSA) is 67.1 Å². The van der Waals surface area contributed by atoms with Crippen LogP contribution in [-0.4, -0.2) is 49.2 Å². The molecule has 1 N–H and O–H groups in total. The Kier molecular flexibility index (Phi) is 3.55. The van der Waals surface area contributed by atoms with Gasteiger partial charge in [0.05, 0.1) is 23.9 Å². The van der Waals surface area contributed by atoms with Crippen LogP contribution in [0.1, 0.15) is 17.2 Å². The van der Waals surface area contributed by atoms with Crippen molar-refractivity contribution in [3.05, 3.63) is 54.0 Å². The molecule has 1 aliphatic rings. The summed E-state index contributed by atoms with van der Waals surface area (Å²) in [6.45, 7) is 4.26. The van der Waals surface area contributed by atoms with Gasteiger partial charge in [0.1, 0.15) is 0 Å². The summed E-state index contributed by atoms with van der Waals surface area (Å²) in [6.07, 6.45) is 4.95. The SMILES string of the molecule is Cc1ccc2ncc(CN3C[C@@H](O)[C@H](n4ccnn4)C3)cc2c1. The Bertz CT molecular complexity index is 817. The Balaban J connectivity index is 1.52. The van der Waals surface area contributed by atoms with Crippen LogP contribution < -0.4 is 0 Å². The van der Waals surface area contributed by atoms with E-state index in [-0.39, 0.29) is 6.04 Å². The number of hydrogen-bond acceptors (Lipinski definition) is 5. The molecule has 3 aromatic rings. The Hall–Kier alpha value is -2.31. The second kappa shape index (κ2) is 5.72. The number of aliphatic hydroxyl groups excluding tert-OH is 1. The highest BCUT2D eigenvalue weighted by molar-refractivity contribution is 5.79. The molecule has 0 aliphatic carbocycles. The van der Waals surface area contributed by atoms with Crippen molar-refractivity contribution in [2.24, 2.45) is 0 Å². The number of aliphatic hydroxyl groups is 1. The van der Waals surface area contributed by atoms with Crippen molar-refractivity contribution >= 4 is 10.9 Å². The quantitative estimate of drug-likeness (QED) is 0.795. The first kappa shape index (κ1) is 14.3. The highest BCUT2D eigenvalue weighted by Gasteiger charge is 2.33. The maximum Gasteiger partial charge on any atom is 0.0935 e. The fourth-order valence-electron chi connectivity index (χ4n) is 3.27. The van der Waals surface area contributed by atoms with Gasteiger partial charge in [-0.25, -0.2) is 4.68 Å². The maximum atomic E-state index is 10.3. The molecule has 3 heterocycles. The molecule has 0 amide bonds. The van der Waals surface area contributed by atoms with E-state index in [4.69, 9.17) is 0 Å². The highest BCUT2D eigenvalue weighted by atomic mass is 16.3. The molecule has 0 saturated carbocycles. The summed E-state index contributed by atoms with van der Waals surface area (Å²) >= 11 is 0. The van der Waals surface area contributed by atoms with E-state index in [2.05, 4.69) is 51.4 Å². The number of rotatable bonds is 3. The van der Waals surface area contributed by atoms with E-state index in [1.165, 1.54) is 5.56 Å². The van der Waals surface area contributed by atoms with Crippen LogP contribution in [0.3, 0.4) is 0 Å². The minimum absolute atomic E-state index is 0.0341. The third kappa shape index (κ3) is 2.83. The van der Waals surface area contributed by atoms with Crippen LogP contribution in [0, 0.1) is 6.92 Å². The fourth-order valence-corrected chi connectivity index (χ4v) is 3.27. The van der Waals surface area contributed by atoms with Gasteiger partial charge in [0.2, 0.25) is 0 Å². The smallest absolute Gasteiger partial charge is 0.0935 e. The second-order valence-electron chi connectivity index (χ2n) is 6.25. The van der Waals surface area contributed by atoms with E-state index in [1.54, 1.807) is 17.1 Å². The third-order valence-corrected chi connectivity index (χ3v) is 4.42. The first-order valence-corrected chi connectivity index (χ1v) is 7.80. The zero-order chi connectivity index (χ0) is 15.8. The monoisotopic (exact) mass is 309 g/mol. The lowest BCUT2D eigenvalue weighted by atomic mass is 10.1. The maximum absolute atomic E-state index is 10.3. The Morgan fingerprint density at radius 2 is 2.17 bits per heavy atom. The normalized spacial score (nSPS) is 22.0. The second-order valence-corrected chi connectivity index (χ2v) is 6.25. The number of β-amino-alcohol motifs (C(OH)–C–C–N with tert-alkyl or cyclic N) is 1. The Morgan fingerprint density at radius 3 is 3.00 bits per heavy atom. The lowest BCUT2D eigenvalue weighted by Gasteiger charge is -2.15. The van der Waals surface area contributed by atoms with E-state index in [0.29, 0.717) is 6.54 Å². The van der Waals surface area contributed by atoms with Gasteiger partial charge in [-0.15, -0.1) is 5.10 Å². The summed E-state index contributed by atoms with van der Waals surface area (Å²) in [5, 5.41) is 19.3. The number of aromatic nitrogens is 4. The van der Waals surface area contributed by atoms with Crippen molar-refractivity contribution in [2.45, 2.75) is 25.6 Å². The minimum atomic E-state index is -0.424. The van der Waals surface area contributed by atoms with Crippen LogP contribution in [0.15, 0.2) is 42.9 Å². The summed E-state index contributed by atoms with van der Waals surface area (Å²) in [5.74, 6) is 0. The molecule has 1 aliphatic heterocycles. The van der Waals surface area contributed by atoms with Crippen LogP contribution >= 0.6 is 0 Å². The van der Waals surface area contributed by atoms with Crippen LogP contribution in [-0.2, 0) is 6.54 Å². The standard InChI is InChI=1S/C17H19N5O/c1-12-2-3-15-14(6-12)7-13(8-18-15)9-21-10-16(17(23)11-21)22-5-4-19-20-22/h2-8,16-17,23H,9-11H2,1H3/t16-,17-/m1/s1. The van der Waals surface area contributed by atoms with E-state index in [1.807, 2.05) is 6.20 Å². The molecule has 2 aromatic heterocycles. The summed E-state index contributed by atoms with van der Waals surface area (Å²) in [6, 6.07) is 8.43. The van der Waals surface area contributed by atoms with Crippen molar-refractivity contribution in [3.63, 3.8) is 0 Å². The number of benzene rings is 1. The molecule has 2 atom stereocenters. The van der Waals surface area contributed by atoms with Crippen molar-refractivity contribution in [1.29, 1.82) is 0 Å². The lowest BCUT2D eigenvalue weighted by Crippen LogP contribution is -2.22. The first-order valence-electron chi connectivity index (χ1n) is 7.80. The van der Waals surface area contributed by atoms with Crippen LogP contribution in [0.5, 0.6) is 0 Å². The molecular formula is C17H19N5O. The Labute approximate surface area is 134 Å². The van der Waals surface area contributed by atoms with Gasteiger partial charge >= 0.3 is 0 Å². The molecule has 0 spiro atoms. The molecule has 0 unspecified atom stereocenters. The van der Waals surface area contributed by atoms with Crippen LogP contribution in [0.2, 0.25) is 0 Å². The number of hydrogen-bond donors (Lipinski definition) is 1. The Morgan fingerprint density at radius 1 is 1.26 bits per heavy atom. The molecule has 6 heteroatoms. The number of aryl methyl sites for hydroxylation is 1. The van der Waals surface area contributed by atoms with Crippen molar-refractivity contribution in [3.8, 4) is 0 Å². The summed E-state index contributed by atoms with van der Waals surface area (Å²) < 4.78 is 1.74. The number of likely N-dealkylation sites (tertiary alicyclic amines) is 1. The molecule has 6 nitrogen and oxygen atoms in total. The average molecular weight is 309 g/mol. The molecular weight excluding hydrogens is 290 g/mol. The fraction of sp³-hybridized carbons (Fsp3) is 0.353. The molecule has 0 radical (unpaired) electrons. The van der Waals surface area contributed by atoms with Gasteiger partial charge in [0, 0.05) is 37.4 Å². The number of nitrogens with zero attached hydrogens (tertiary/aromatic N) is 5. The van der Waals surface area contributed by atoms with Gasteiger partial charge in [0.25, 0.3) is 0 Å². The highest BCUT2D eigenvalue weighted by Crippen LogP contribution is 2.23.